The van der Waals surface area contributed by atoms with Crippen LogP contribution < -0.4 is 10.6 Å². The van der Waals surface area contributed by atoms with Crippen LogP contribution in [0.1, 0.15) is 37.4 Å². The van der Waals surface area contributed by atoms with E-state index in [0.717, 1.165) is 24.6 Å². The molecule has 1 aliphatic rings. The van der Waals surface area contributed by atoms with Crippen molar-refractivity contribution in [2.45, 2.75) is 45.7 Å². The summed E-state index contributed by atoms with van der Waals surface area (Å²) >= 11 is 1.72. The summed E-state index contributed by atoms with van der Waals surface area (Å²) in [5.74, 6) is 0.918. The van der Waals surface area contributed by atoms with Gasteiger partial charge in [0.25, 0.3) is 0 Å². The molecule has 0 atom stereocenters. The number of nitrogens with one attached hydrogen (secondary N) is 2. The fourth-order valence-electron chi connectivity index (χ4n) is 1.49. The first-order valence-electron chi connectivity index (χ1n) is 6.30. The number of nitrogens with zero attached hydrogens (tertiary/aromatic N) is 2. The first-order valence-corrected chi connectivity index (χ1v) is 7.18. The van der Waals surface area contributed by atoms with Crippen molar-refractivity contribution in [1.82, 2.24) is 15.6 Å². The Labute approximate surface area is 107 Å². The summed E-state index contributed by atoms with van der Waals surface area (Å²) in [4.78, 5) is 9.06. The fraction of sp³-hybridized carbons (Fsp3) is 0.667. The van der Waals surface area contributed by atoms with E-state index in [9.17, 15) is 0 Å². The van der Waals surface area contributed by atoms with Crippen molar-refractivity contribution in [1.29, 1.82) is 0 Å². The summed E-state index contributed by atoms with van der Waals surface area (Å²) in [6.07, 6.45) is 3.54. The molecule has 94 valence electrons. The van der Waals surface area contributed by atoms with E-state index >= 15 is 0 Å². The maximum Gasteiger partial charge on any atom is 0.191 e. The Hall–Kier alpha value is -1.10. The van der Waals surface area contributed by atoms with Gasteiger partial charge in [0.2, 0.25) is 0 Å². The summed E-state index contributed by atoms with van der Waals surface area (Å²) in [5.41, 5.74) is 1.07. The zero-order chi connectivity index (χ0) is 12.1. The molecule has 4 nitrogen and oxygen atoms in total. The molecule has 2 rings (SSSR count). The van der Waals surface area contributed by atoms with Gasteiger partial charge in [-0.25, -0.2) is 9.98 Å². The van der Waals surface area contributed by atoms with Crippen LogP contribution in [0, 0.1) is 0 Å². The monoisotopic (exact) mass is 252 g/mol. The molecule has 0 saturated heterocycles. The van der Waals surface area contributed by atoms with E-state index in [1.54, 1.807) is 11.3 Å². The van der Waals surface area contributed by atoms with Crippen LogP contribution in [-0.4, -0.2) is 23.5 Å². The van der Waals surface area contributed by atoms with Crippen LogP contribution >= 0.6 is 11.3 Å². The molecule has 0 spiro atoms. The van der Waals surface area contributed by atoms with Crippen LogP contribution in [0.15, 0.2) is 10.4 Å². The van der Waals surface area contributed by atoms with Crippen molar-refractivity contribution in [3.05, 3.63) is 16.1 Å². The van der Waals surface area contributed by atoms with Gasteiger partial charge in [0.1, 0.15) is 0 Å². The molecule has 17 heavy (non-hydrogen) atoms. The lowest BCUT2D eigenvalue weighted by Crippen LogP contribution is -2.38. The third-order valence-corrected chi connectivity index (χ3v) is 3.61. The smallest absolute Gasteiger partial charge is 0.191 e. The highest BCUT2D eigenvalue weighted by molar-refractivity contribution is 7.09. The topological polar surface area (TPSA) is 49.3 Å². The lowest BCUT2D eigenvalue weighted by molar-refractivity contribution is 0.808. The third-order valence-electron chi connectivity index (χ3n) is 2.56. The Morgan fingerprint density at radius 2 is 2.35 bits per heavy atom. The molecule has 0 radical (unpaired) electrons. The number of aliphatic imine (C=N–C) groups is 1. The lowest BCUT2D eigenvalue weighted by atomic mass is 10.5. The van der Waals surface area contributed by atoms with Gasteiger partial charge in [-0.1, -0.05) is 6.92 Å². The fourth-order valence-corrected chi connectivity index (χ4v) is 2.22. The standard InChI is InChI=1S/C12H20N4S/c1-3-11-15-10(8-17-11)7-14-12(13-4-2)16-9-5-6-9/h8-9H,3-7H2,1-2H3,(H2,13,14,16). The maximum atomic E-state index is 4.55. The average Bonchev–Trinajstić information content (AvgIpc) is 3.03. The number of hydrogen-bond acceptors (Lipinski definition) is 3. The molecule has 1 fully saturated rings. The van der Waals surface area contributed by atoms with Gasteiger partial charge in [-0.05, 0) is 26.2 Å². The quantitative estimate of drug-likeness (QED) is 0.622. The van der Waals surface area contributed by atoms with Crippen molar-refractivity contribution < 1.29 is 0 Å². The zero-order valence-electron chi connectivity index (χ0n) is 10.5. The van der Waals surface area contributed by atoms with Crippen LogP contribution in [0.25, 0.3) is 0 Å². The summed E-state index contributed by atoms with van der Waals surface area (Å²) in [6, 6.07) is 0.634. The molecule has 1 aromatic rings. The van der Waals surface area contributed by atoms with Gasteiger partial charge < -0.3 is 10.6 Å². The first-order chi connectivity index (χ1) is 8.31. The molecule has 1 heterocycles. The van der Waals surface area contributed by atoms with Gasteiger partial charge in [0.15, 0.2) is 5.96 Å². The molecular weight excluding hydrogens is 232 g/mol. The predicted molar refractivity (Wildman–Crippen MR) is 72.5 cm³/mol. The molecule has 1 aromatic heterocycles. The summed E-state index contributed by atoms with van der Waals surface area (Å²) in [6.45, 7) is 5.78. The van der Waals surface area contributed by atoms with E-state index in [-0.39, 0.29) is 0 Å². The number of hydrogen-bond donors (Lipinski definition) is 2. The Balaban J connectivity index is 1.90. The zero-order valence-corrected chi connectivity index (χ0v) is 11.3. The number of aromatic nitrogens is 1. The minimum atomic E-state index is 0.634. The van der Waals surface area contributed by atoms with E-state index in [2.05, 4.69) is 39.8 Å². The predicted octanol–water partition coefficient (Wildman–Crippen LogP) is 1.92. The van der Waals surface area contributed by atoms with Gasteiger partial charge in [0, 0.05) is 18.0 Å². The van der Waals surface area contributed by atoms with Crippen LogP contribution in [0.5, 0.6) is 0 Å². The van der Waals surface area contributed by atoms with Crippen LogP contribution in [0.2, 0.25) is 0 Å². The Bertz CT molecular complexity index is 382. The van der Waals surface area contributed by atoms with Gasteiger partial charge in [-0.2, -0.15) is 0 Å². The van der Waals surface area contributed by atoms with E-state index in [0.29, 0.717) is 12.6 Å². The minimum absolute atomic E-state index is 0.634. The SMILES string of the molecule is CCNC(=NCc1csc(CC)n1)NC1CC1. The van der Waals surface area contributed by atoms with E-state index in [1.807, 2.05) is 0 Å². The van der Waals surface area contributed by atoms with Crippen molar-refractivity contribution in [3.63, 3.8) is 0 Å². The molecule has 1 saturated carbocycles. The van der Waals surface area contributed by atoms with Crippen molar-refractivity contribution in [2.24, 2.45) is 4.99 Å². The highest BCUT2D eigenvalue weighted by Gasteiger charge is 2.22. The summed E-state index contributed by atoms with van der Waals surface area (Å²) in [5, 5.41) is 9.95. The molecule has 0 amide bonds. The maximum absolute atomic E-state index is 4.55. The van der Waals surface area contributed by atoms with Gasteiger partial charge in [-0.15, -0.1) is 11.3 Å². The van der Waals surface area contributed by atoms with E-state index in [1.165, 1.54) is 17.8 Å². The second-order valence-electron chi connectivity index (χ2n) is 4.20. The molecule has 0 aromatic carbocycles. The molecule has 0 unspecified atom stereocenters. The summed E-state index contributed by atoms with van der Waals surface area (Å²) in [7, 11) is 0. The normalized spacial score (nSPS) is 16.0. The van der Waals surface area contributed by atoms with Gasteiger partial charge in [0.05, 0.1) is 17.2 Å². The highest BCUT2D eigenvalue weighted by Crippen LogP contribution is 2.18. The molecule has 0 bridgehead atoms. The van der Waals surface area contributed by atoms with Crippen molar-refractivity contribution in [2.75, 3.05) is 6.54 Å². The lowest BCUT2D eigenvalue weighted by Gasteiger charge is -2.09. The summed E-state index contributed by atoms with van der Waals surface area (Å²) < 4.78 is 0. The van der Waals surface area contributed by atoms with Crippen molar-refractivity contribution in [3.8, 4) is 0 Å². The largest absolute Gasteiger partial charge is 0.357 e. The molecule has 5 heteroatoms. The van der Waals surface area contributed by atoms with Crippen LogP contribution in [-0.2, 0) is 13.0 Å². The first kappa shape index (κ1) is 12.4. The second kappa shape index (κ2) is 6.00. The Morgan fingerprint density at radius 3 is 2.94 bits per heavy atom. The number of aryl methyl sites for hydroxylation is 1. The van der Waals surface area contributed by atoms with Gasteiger partial charge in [-0.3, -0.25) is 0 Å². The van der Waals surface area contributed by atoms with E-state index < -0.39 is 0 Å². The van der Waals surface area contributed by atoms with E-state index in [4.69, 9.17) is 0 Å². The number of rotatable bonds is 5. The minimum Gasteiger partial charge on any atom is -0.357 e. The highest BCUT2D eigenvalue weighted by atomic mass is 32.1. The van der Waals surface area contributed by atoms with Crippen LogP contribution in [0.3, 0.4) is 0 Å². The Kier molecular flexibility index (Phi) is 4.36. The van der Waals surface area contributed by atoms with Crippen molar-refractivity contribution >= 4 is 17.3 Å². The average molecular weight is 252 g/mol. The molecule has 1 aliphatic carbocycles. The van der Waals surface area contributed by atoms with Gasteiger partial charge >= 0.3 is 0 Å². The molecular formula is C12H20N4S. The molecule has 2 N–H and O–H groups in total. The number of guanidine groups is 1. The third kappa shape index (κ3) is 4.00. The van der Waals surface area contributed by atoms with Crippen LogP contribution in [0.4, 0.5) is 0 Å². The Morgan fingerprint density at radius 1 is 1.53 bits per heavy atom. The molecule has 0 aliphatic heterocycles. The number of thiazole rings is 1. The second-order valence-corrected chi connectivity index (χ2v) is 5.14.